The van der Waals surface area contributed by atoms with Crippen LogP contribution in [0.5, 0.6) is 0 Å². The number of anilines is 1. The van der Waals surface area contributed by atoms with Gasteiger partial charge in [-0.3, -0.25) is 0 Å². The minimum Gasteiger partial charge on any atom is -0.384 e. The van der Waals surface area contributed by atoms with Gasteiger partial charge >= 0.3 is 5.51 Å². The maximum absolute atomic E-state index is 13.1. The molecule has 0 amide bonds. The number of nitrogens with two attached hydrogens (primary N) is 1. The number of sulfone groups is 1. The summed E-state index contributed by atoms with van der Waals surface area (Å²) in [5.74, 6) is -1.60. The molecule has 0 aliphatic carbocycles. The SMILES string of the molecule is NS(=O)(=O)CCCNc1ccc(F)cc1S(=O)(=O)C(F)(F)F. The summed E-state index contributed by atoms with van der Waals surface area (Å²) in [4.78, 5) is -1.27. The summed E-state index contributed by atoms with van der Waals surface area (Å²) in [6.45, 7) is -0.164. The van der Waals surface area contributed by atoms with Crippen molar-refractivity contribution in [2.24, 2.45) is 5.14 Å². The van der Waals surface area contributed by atoms with Gasteiger partial charge in [-0.2, -0.15) is 13.2 Å². The molecule has 0 atom stereocenters. The molecule has 1 aromatic rings. The fourth-order valence-electron chi connectivity index (χ4n) is 1.49. The van der Waals surface area contributed by atoms with E-state index in [9.17, 15) is 34.4 Å². The number of halogens is 4. The van der Waals surface area contributed by atoms with Crippen LogP contribution in [0.4, 0.5) is 23.2 Å². The molecule has 0 radical (unpaired) electrons. The summed E-state index contributed by atoms with van der Waals surface area (Å²) in [5.41, 5.74) is -6.06. The minimum absolute atomic E-state index is 0.0677. The first kappa shape index (κ1) is 18.6. The summed E-state index contributed by atoms with van der Waals surface area (Å²) in [6.07, 6.45) is -0.0677. The van der Waals surface area contributed by atoms with Crippen LogP contribution in [-0.2, 0) is 19.9 Å². The third-order valence-electron chi connectivity index (χ3n) is 2.46. The molecule has 0 aliphatic rings. The van der Waals surface area contributed by atoms with E-state index in [-0.39, 0.29) is 19.0 Å². The molecule has 0 heterocycles. The number of rotatable bonds is 6. The van der Waals surface area contributed by atoms with Gasteiger partial charge in [0.2, 0.25) is 10.0 Å². The summed E-state index contributed by atoms with van der Waals surface area (Å²) in [6, 6.07) is 1.84. The van der Waals surface area contributed by atoms with Crippen molar-refractivity contribution < 1.29 is 34.4 Å². The monoisotopic (exact) mass is 364 g/mol. The average molecular weight is 364 g/mol. The Bertz CT molecular complexity index is 745. The van der Waals surface area contributed by atoms with Crippen LogP contribution in [-0.4, -0.2) is 34.6 Å². The molecule has 126 valence electrons. The van der Waals surface area contributed by atoms with Crippen LogP contribution in [0.2, 0.25) is 0 Å². The second-order valence-electron chi connectivity index (χ2n) is 4.24. The fourth-order valence-corrected chi connectivity index (χ4v) is 2.98. The highest BCUT2D eigenvalue weighted by Gasteiger charge is 2.48. The van der Waals surface area contributed by atoms with E-state index in [1.807, 2.05) is 0 Å². The fraction of sp³-hybridized carbons (Fsp3) is 0.400. The first-order valence-corrected chi connectivity index (χ1v) is 8.90. The Morgan fingerprint density at radius 2 is 1.73 bits per heavy atom. The van der Waals surface area contributed by atoms with Crippen molar-refractivity contribution in [3.63, 3.8) is 0 Å². The Hall–Kier alpha value is -1.40. The Labute approximate surface area is 124 Å². The maximum atomic E-state index is 13.1. The molecule has 0 aliphatic heterocycles. The first-order chi connectivity index (χ1) is 9.84. The molecule has 12 heteroatoms. The zero-order valence-corrected chi connectivity index (χ0v) is 12.5. The second-order valence-corrected chi connectivity index (χ2v) is 7.88. The lowest BCUT2D eigenvalue weighted by Crippen LogP contribution is -2.25. The van der Waals surface area contributed by atoms with Gasteiger partial charge in [0.25, 0.3) is 9.84 Å². The highest BCUT2D eigenvalue weighted by Crippen LogP contribution is 2.34. The van der Waals surface area contributed by atoms with Crippen LogP contribution in [0, 0.1) is 5.82 Å². The molecule has 0 spiro atoms. The number of sulfonamides is 1. The van der Waals surface area contributed by atoms with Crippen LogP contribution in [0.15, 0.2) is 23.1 Å². The quantitative estimate of drug-likeness (QED) is 0.583. The van der Waals surface area contributed by atoms with Crippen LogP contribution >= 0.6 is 0 Å². The van der Waals surface area contributed by atoms with Crippen molar-refractivity contribution in [1.29, 1.82) is 0 Å². The topological polar surface area (TPSA) is 106 Å². The standard InChI is InChI=1S/C10H12F4N2O4S2/c11-7-2-3-8(16-4-1-5-21(15,17)18)9(6-7)22(19,20)10(12,13)14/h2-3,6,16H,1,4-5H2,(H2,15,17,18). The number of alkyl halides is 3. The van der Waals surface area contributed by atoms with Crippen molar-refractivity contribution in [3.05, 3.63) is 24.0 Å². The van der Waals surface area contributed by atoms with Gasteiger partial charge in [-0.05, 0) is 24.6 Å². The van der Waals surface area contributed by atoms with Gasteiger partial charge < -0.3 is 5.32 Å². The Morgan fingerprint density at radius 3 is 2.23 bits per heavy atom. The number of nitrogens with one attached hydrogen (secondary N) is 1. The highest BCUT2D eigenvalue weighted by atomic mass is 32.2. The van der Waals surface area contributed by atoms with E-state index >= 15 is 0 Å². The normalized spacial score (nSPS) is 13.1. The molecule has 6 nitrogen and oxygen atoms in total. The van der Waals surface area contributed by atoms with Crippen LogP contribution < -0.4 is 10.5 Å². The molecule has 0 saturated heterocycles. The van der Waals surface area contributed by atoms with Crippen LogP contribution in [0.1, 0.15) is 6.42 Å². The highest BCUT2D eigenvalue weighted by molar-refractivity contribution is 7.92. The zero-order valence-electron chi connectivity index (χ0n) is 10.9. The summed E-state index contributed by atoms with van der Waals surface area (Å²) in [7, 11) is -9.49. The smallest absolute Gasteiger partial charge is 0.384 e. The number of primary sulfonamides is 1. The summed E-state index contributed by atoms with van der Waals surface area (Å²) < 4.78 is 94.8. The summed E-state index contributed by atoms with van der Waals surface area (Å²) in [5, 5.41) is 7.07. The summed E-state index contributed by atoms with van der Waals surface area (Å²) >= 11 is 0. The first-order valence-electron chi connectivity index (χ1n) is 5.70. The lowest BCUT2D eigenvalue weighted by atomic mass is 10.3. The van der Waals surface area contributed by atoms with Crippen LogP contribution in [0.3, 0.4) is 0 Å². The molecule has 0 saturated carbocycles. The van der Waals surface area contributed by atoms with Gasteiger partial charge in [-0.15, -0.1) is 0 Å². The number of hydrogen-bond acceptors (Lipinski definition) is 5. The third kappa shape index (κ3) is 4.81. The Morgan fingerprint density at radius 1 is 1.14 bits per heavy atom. The van der Waals surface area contributed by atoms with E-state index in [1.165, 1.54) is 0 Å². The van der Waals surface area contributed by atoms with Gasteiger partial charge in [0.15, 0.2) is 0 Å². The van der Waals surface area contributed by atoms with Gasteiger partial charge in [0, 0.05) is 6.54 Å². The van der Waals surface area contributed by atoms with Gasteiger partial charge in [-0.1, -0.05) is 0 Å². The van der Waals surface area contributed by atoms with Gasteiger partial charge in [0.05, 0.1) is 11.4 Å². The van der Waals surface area contributed by atoms with Crippen molar-refractivity contribution in [2.75, 3.05) is 17.6 Å². The van der Waals surface area contributed by atoms with E-state index in [0.29, 0.717) is 0 Å². The average Bonchev–Trinajstić information content (AvgIpc) is 2.33. The molecule has 1 rings (SSSR count). The molecule has 0 fully saturated rings. The van der Waals surface area contributed by atoms with Crippen LogP contribution in [0.25, 0.3) is 0 Å². The molecule has 0 bridgehead atoms. The number of benzene rings is 1. The van der Waals surface area contributed by atoms with Crippen molar-refractivity contribution in [3.8, 4) is 0 Å². The van der Waals surface area contributed by atoms with E-state index in [1.54, 1.807) is 0 Å². The second kappa shape index (κ2) is 6.38. The van der Waals surface area contributed by atoms with E-state index in [4.69, 9.17) is 5.14 Å². The van der Waals surface area contributed by atoms with Gasteiger partial charge in [-0.25, -0.2) is 26.4 Å². The molecule has 0 aromatic heterocycles. The molecule has 22 heavy (non-hydrogen) atoms. The Balaban J connectivity index is 3.03. The van der Waals surface area contributed by atoms with Crippen molar-refractivity contribution in [2.45, 2.75) is 16.8 Å². The predicted molar refractivity (Wildman–Crippen MR) is 70.7 cm³/mol. The lowest BCUT2D eigenvalue weighted by molar-refractivity contribution is -0.0435. The van der Waals surface area contributed by atoms with E-state index in [2.05, 4.69) is 5.32 Å². The predicted octanol–water partition coefficient (Wildman–Crippen LogP) is 1.21. The Kier molecular flexibility index (Phi) is 5.41. The largest absolute Gasteiger partial charge is 0.501 e. The molecule has 3 N–H and O–H groups in total. The maximum Gasteiger partial charge on any atom is 0.501 e. The third-order valence-corrected chi connectivity index (χ3v) is 4.84. The van der Waals surface area contributed by atoms with Crippen molar-refractivity contribution in [1.82, 2.24) is 0 Å². The number of hydrogen-bond donors (Lipinski definition) is 2. The van der Waals surface area contributed by atoms with E-state index < -0.39 is 47.5 Å². The molecule has 1 aromatic carbocycles. The molecular weight excluding hydrogens is 352 g/mol. The minimum atomic E-state index is -5.74. The molecular formula is C10H12F4N2O4S2. The van der Waals surface area contributed by atoms with Gasteiger partial charge in [0.1, 0.15) is 10.7 Å². The van der Waals surface area contributed by atoms with E-state index in [0.717, 1.165) is 12.1 Å². The van der Waals surface area contributed by atoms with Crippen molar-refractivity contribution >= 4 is 25.5 Å². The molecule has 0 unspecified atom stereocenters. The lowest BCUT2D eigenvalue weighted by Gasteiger charge is -2.14. The zero-order chi connectivity index (χ0) is 17.2.